The SMILES string of the molecule is CCN(Cc1cc(-n2cccn2)ccc1I)C(=O)C1CC1. The van der Waals surface area contributed by atoms with Gasteiger partial charge in [-0.2, -0.15) is 5.10 Å². The van der Waals surface area contributed by atoms with E-state index in [0.29, 0.717) is 12.5 Å². The van der Waals surface area contributed by atoms with E-state index in [1.165, 1.54) is 9.13 Å². The summed E-state index contributed by atoms with van der Waals surface area (Å²) in [5.41, 5.74) is 2.21. The first-order valence-corrected chi connectivity index (χ1v) is 8.34. The molecule has 110 valence electrons. The lowest BCUT2D eigenvalue weighted by molar-refractivity contribution is -0.132. The monoisotopic (exact) mass is 395 g/mol. The summed E-state index contributed by atoms with van der Waals surface area (Å²) >= 11 is 2.33. The fourth-order valence-electron chi connectivity index (χ4n) is 2.39. The molecule has 5 heteroatoms. The molecule has 1 saturated carbocycles. The zero-order valence-corrected chi connectivity index (χ0v) is 14.2. The van der Waals surface area contributed by atoms with E-state index in [1.54, 1.807) is 6.20 Å². The minimum Gasteiger partial charge on any atom is -0.338 e. The summed E-state index contributed by atoms with van der Waals surface area (Å²) in [6.45, 7) is 3.49. The molecule has 21 heavy (non-hydrogen) atoms. The van der Waals surface area contributed by atoms with E-state index in [0.717, 1.165) is 25.1 Å². The molecule has 1 amide bonds. The van der Waals surface area contributed by atoms with Crippen LogP contribution in [-0.4, -0.2) is 27.1 Å². The maximum Gasteiger partial charge on any atom is 0.225 e. The molecule has 0 spiro atoms. The maximum absolute atomic E-state index is 12.3. The van der Waals surface area contributed by atoms with Crippen LogP contribution in [0, 0.1) is 9.49 Å². The first-order valence-electron chi connectivity index (χ1n) is 7.26. The number of amides is 1. The Morgan fingerprint density at radius 3 is 2.90 bits per heavy atom. The molecule has 0 saturated heterocycles. The highest BCUT2D eigenvalue weighted by atomic mass is 127. The number of hydrogen-bond acceptors (Lipinski definition) is 2. The Labute approximate surface area is 138 Å². The second kappa shape index (κ2) is 6.17. The normalized spacial score (nSPS) is 14.2. The predicted molar refractivity (Wildman–Crippen MR) is 90.1 cm³/mol. The van der Waals surface area contributed by atoms with E-state index in [-0.39, 0.29) is 5.92 Å². The molecule has 1 aromatic carbocycles. The summed E-state index contributed by atoms with van der Waals surface area (Å²) in [6, 6.07) is 8.17. The molecule has 0 unspecified atom stereocenters. The van der Waals surface area contributed by atoms with Gasteiger partial charge in [0.05, 0.1) is 5.69 Å². The largest absolute Gasteiger partial charge is 0.338 e. The second-order valence-electron chi connectivity index (χ2n) is 5.35. The Morgan fingerprint density at radius 1 is 1.48 bits per heavy atom. The Morgan fingerprint density at radius 2 is 2.29 bits per heavy atom. The van der Waals surface area contributed by atoms with Crippen LogP contribution in [0.2, 0.25) is 0 Å². The van der Waals surface area contributed by atoms with Crippen molar-refractivity contribution in [3.8, 4) is 5.69 Å². The van der Waals surface area contributed by atoms with Gasteiger partial charge >= 0.3 is 0 Å². The van der Waals surface area contributed by atoms with E-state index in [2.05, 4.69) is 45.9 Å². The minimum absolute atomic E-state index is 0.275. The van der Waals surface area contributed by atoms with Crippen LogP contribution in [0.5, 0.6) is 0 Å². The van der Waals surface area contributed by atoms with Gasteiger partial charge in [0.25, 0.3) is 0 Å². The van der Waals surface area contributed by atoms with Crippen LogP contribution in [0.15, 0.2) is 36.7 Å². The number of halogens is 1. The van der Waals surface area contributed by atoms with Gasteiger partial charge in [-0.1, -0.05) is 0 Å². The molecule has 2 aromatic rings. The fourth-order valence-corrected chi connectivity index (χ4v) is 2.89. The van der Waals surface area contributed by atoms with E-state index >= 15 is 0 Å². The molecule has 1 aliphatic rings. The van der Waals surface area contributed by atoms with E-state index in [1.807, 2.05) is 28.8 Å². The van der Waals surface area contributed by atoms with Crippen molar-refractivity contribution in [2.45, 2.75) is 26.3 Å². The van der Waals surface area contributed by atoms with Gasteiger partial charge < -0.3 is 4.90 Å². The summed E-state index contributed by atoms with van der Waals surface area (Å²) in [6.07, 6.45) is 5.81. The highest BCUT2D eigenvalue weighted by Crippen LogP contribution is 2.31. The van der Waals surface area contributed by atoms with Crippen LogP contribution < -0.4 is 0 Å². The number of nitrogens with zero attached hydrogens (tertiary/aromatic N) is 3. The van der Waals surface area contributed by atoms with Crippen molar-refractivity contribution < 1.29 is 4.79 Å². The standard InChI is InChI=1S/C16H18IN3O/c1-2-19(16(21)12-4-5-12)11-13-10-14(6-7-15(13)17)20-9-3-8-18-20/h3,6-10,12H,2,4-5,11H2,1H3. The molecule has 0 N–H and O–H groups in total. The number of aromatic nitrogens is 2. The van der Waals surface area contributed by atoms with E-state index in [9.17, 15) is 4.79 Å². The highest BCUT2D eigenvalue weighted by Gasteiger charge is 2.32. The number of carbonyl (C=O) groups excluding carboxylic acids is 1. The van der Waals surface area contributed by atoms with Crippen molar-refractivity contribution in [2.24, 2.45) is 5.92 Å². The van der Waals surface area contributed by atoms with Crippen molar-refractivity contribution in [3.05, 3.63) is 45.8 Å². The molecular formula is C16H18IN3O. The first-order chi connectivity index (χ1) is 10.2. The third-order valence-corrected chi connectivity index (χ3v) is 4.83. The molecule has 1 fully saturated rings. The summed E-state index contributed by atoms with van der Waals surface area (Å²) < 4.78 is 3.03. The average Bonchev–Trinajstić information content (AvgIpc) is 3.21. The molecule has 4 nitrogen and oxygen atoms in total. The van der Waals surface area contributed by atoms with Gasteiger partial charge in [0.15, 0.2) is 0 Å². The van der Waals surface area contributed by atoms with Gasteiger partial charge in [0.2, 0.25) is 5.91 Å². The fraction of sp³-hybridized carbons (Fsp3) is 0.375. The van der Waals surface area contributed by atoms with Crippen molar-refractivity contribution in [1.82, 2.24) is 14.7 Å². The average molecular weight is 395 g/mol. The minimum atomic E-state index is 0.275. The Kier molecular flexibility index (Phi) is 4.28. The predicted octanol–water partition coefficient (Wildman–Crippen LogP) is 3.24. The molecule has 1 heterocycles. The molecule has 1 aliphatic carbocycles. The van der Waals surface area contributed by atoms with Crippen LogP contribution in [0.3, 0.4) is 0 Å². The summed E-state index contributed by atoms with van der Waals surface area (Å²) in [5, 5.41) is 4.26. The van der Waals surface area contributed by atoms with Crippen LogP contribution >= 0.6 is 22.6 Å². The summed E-state index contributed by atoms with van der Waals surface area (Å²) in [4.78, 5) is 14.2. The number of hydrogen-bond donors (Lipinski definition) is 0. The molecule has 0 atom stereocenters. The van der Waals surface area contributed by atoms with Gasteiger partial charge in [0, 0.05) is 35.0 Å². The zero-order chi connectivity index (χ0) is 14.8. The van der Waals surface area contributed by atoms with Gasteiger partial charge in [-0.25, -0.2) is 4.68 Å². The zero-order valence-electron chi connectivity index (χ0n) is 12.0. The van der Waals surface area contributed by atoms with Gasteiger partial charge in [-0.05, 0) is 72.2 Å². The maximum atomic E-state index is 12.3. The van der Waals surface area contributed by atoms with E-state index in [4.69, 9.17) is 0 Å². The molecule has 3 rings (SSSR count). The third-order valence-electron chi connectivity index (χ3n) is 3.78. The molecule has 1 aromatic heterocycles. The van der Waals surface area contributed by atoms with E-state index < -0.39 is 0 Å². The van der Waals surface area contributed by atoms with Crippen LogP contribution in [-0.2, 0) is 11.3 Å². The Bertz CT molecular complexity index is 635. The van der Waals surface area contributed by atoms with Crippen molar-refractivity contribution in [1.29, 1.82) is 0 Å². The first kappa shape index (κ1) is 14.6. The van der Waals surface area contributed by atoms with Crippen molar-refractivity contribution in [2.75, 3.05) is 6.54 Å². The van der Waals surface area contributed by atoms with Gasteiger partial charge in [-0.15, -0.1) is 0 Å². The Hall–Kier alpha value is -1.37. The molecular weight excluding hydrogens is 377 g/mol. The van der Waals surface area contributed by atoms with Crippen molar-refractivity contribution >= 4 is 28.5 Å². The topological polar surface area (TPSA) is 38.1 Å². The van der Waals surface area contributed by atoms with Crippen LogP contribution in [0.1, 0.15) is 25.3 Å². The lowest BCUT2D eigenvalue weighted by Crippen LogP contribution is -2.31. The number of carbonyl (C=O) groups is 1. The van der Waals surface area contributed by atoms with Crippen molar-refractivity contribution in [3.63, 3.8) is 0 Å². The summed E-state index contributed by atoms with van der Waals surface area (Å²) in [5.74, 6) is 0.578. The molecule has 0 radical (unpaired) electrons. The van der Waals surface area contributed by atoms with Gasteiger partial charge in [0.1, 0.15) is 0 Å². The smallest absolute Gasteiger partial charge is 0.225 e. The lowest BCUT2D eigenvalue weighted by atomic mass is 10.1. The Balaban J connectivity index is 1.83. The quantitative estimate of drug-likeness (QED) is 0.730. The molecule has 0 bridgehead atoms. The lowest BCUT2D eigenvalue weighted by Gasteiger charge is -2.22. The summed E-state index contributed by atoms with van der Waals surface area (Å²) in [7, 11) is 0. The van der Waals surface area contributed by atoms with Gasteiger partial charge in [-0.3, -0.25) is 4.79 Å². The number of benzene rings is 1. The second-order valence-corrected chi connectivity index (χ2v) is 6.52. The third kappa shape index (κ3) is 3.28. The number of rotatable bonds is 5. The van der Waals surface area contributed by atoms with Crippen LogP contribution in [0.4, 0.5) is 0 Å². The molecule has 0 aliphatic heterocycles. The highest BCUT2D eigenvalue weighted by molar-refractivity contribution is 14.1. The van der Waals surface area contributed by atoms with Crippen LogP contribution in [0.25, 0.3) is 5.69 Å².